The number of ether oxygens (including phenoxy) is 1. The zero-order valence-electron chi connectivity index (χ0n) is 19.2. The van der Waals surface area contributed by atoms with Crippen LogP contribution >= 0.6 is 11.8 Å². The number of carbonyl (C=O) groups excluding carboxylic acids is 2. The smallest absolute Gasteiger partial charge is 0.477 e. The van der Waals surface area contributed by atoms with Crippen LogP contribution in [-0.2, 0) is 14.4 Å². The predicted octanol–water partition coefficient (Wildman–Crippen LogP) is 1.65. The second-order valence-electron chi connectivity index (χ2n) is 8.90. The molecule has 1 aromatic rings. The van der Waals surface area contributed by atoms with Gasteiger partial charge in [-0.05, 0) is 25.5 Å². The van der Waals surface area contributed by atoms with Gasteiger partial charge in [-0.1, -0.05) is 13.0 Å². The molecule has 0 spiro atoms. The monoisotopic (exact) mass is 530 g/mol. The number of amides is 2. The summed E-state index contributed by atoms with van der Waals surface area (Å²) in [6.45, 7) is 3.74. The van der Waals surface area contributed by atoms with Crippen LogP contribution < -0.4 is 20.9 Å². The number of carboxylic acids is 1. The molecule has 0 saturated carbocycles. The van der Waals surface area contributed by atoms with Gasteiger partial charge in [-0.25, -0.2) is 4.79 Å². The van der Waals surface area contributed by atoms with Crippen molar-refractivity contribution in [1.29, 1.82) is 0 Å². The number of nitrogens with zero attached hydrogens (tertiary/aromatic N) is 1. The van der Waals surface area contributed by atoms with Crippen molar-refractivity contribution in [3.63, 3.8) is 0 Å². The lowest BCUT2D eigenvalue weighted by atomic mass is 9.79. The predicted molar refractivity (Wildman–Crippen MR) is 122 cm³/mol. The van der Waals surface area contributed by atoms with Gasteiger partial charge in [-0.3, -0.25) is 20.4 Å². The number of hydrogen-bond acceptors (Lipinski definition) is 8. The number of aliphatic carboxylic acids is 1. The summed E-state index contributed by atoms with van der Waals surface area (Å²) in [5.41, 5.74) is 5.11. The van der Waals surface area contributed by atoms with Crippen LogP contribution in [0.4, 0.5) is 18.9 Å². The zero-order valence-corrected chi connectivity index (χ0v) is 20.0. The molecule has 14 heteroatoms. The van der Waals surface area contributed by atoms with Gasteiger partial charge in [0.15, 0.2) is 0 Å². The van der Waals surface area contributed by atoms with Gasteiger partial charge in [-0.2, -0.15) is 0 Å². The van der Waals surface area contributed by atoms with Crippen molar-refractivity contribution in [2.24, 2.45) is 11.8 Å². The number of aliphatic hydroxyl groups excluding tert-OH is 1. The molecule has 10 nitrogen and oxygen atoms in total. The molecule has 2 fully saturated rings. The normalized spacial score (nSPS) is 28.4. The Morgan fingerprint density at radius 2 is 2.06 bits per heavy atom. The van der Waals surface area contributed by atoms with Crippen molar-refractivity contribution in [1.82, 2.24) is 15.6 Å². The summed E-state index contributed by atoms with van der Waals surface area (Å²) in [7, 11) is 0. The Labute approximate surface area is 208 Å². The molecule has 3 heterocycles. The van der Waals surface area contributed by atoms with Gasteiger partial charge >= 0.3 is 12.3 Å². The lowest BCUT2D eigenvalue weighted by Crippen LogP contribution is -2.63. The molecular weight excluding hydrogens is 505 g/mol. The third-order valence-corrected chi connectivity index (χ3v) is 7.92. The Hall–Kier alpha value is -2.97. The molecule has 3 aliphatic heterocycles. The summed E-state index contributed by atoms with van der Waals surface area (Å²) in [5, 5.41) is 22.6. The first-order valence-electron chi connectivity index (χ1n) is 11.2. The summed E-state index contributed by atoms with van der Waals surface area (Å²) < 4.78 is 41.0. The van der Waals surface area contributed by atoms with E-state index < -0.39 is 54.0 Å². The van der Waals surface area contributed by atoms with Gasteiger partial charge in [0, 0.05) is 28.7 Å². The first-order chi connectivity index (χ1) is 16.9. The Bertz CT molecular complexity index is 1100. The van der Waals surface area contributed by atoms with Crippen LogP contribution in [-0.4, -0.2) is 69.2 Å². The van der Waals surface area contributed by atoms with E-state index in [1.807, 2.05) is 6.92 Å². The minimum atomic E-state index is -4.84. The number of thioether (sulfide) groups is 1. The van der Waals surface area contributed by atoms with E-state index in [2.05, 4.69) is 20.9 Å². The molecule has 1 aromatic carbocycles. The Balaban J connectivity index is 1.35. The van der Waals surface area contributed by atoms with Gasteiger partial charge < -0.3 is 25.2 Å². The molecule has 5 N–H and O–H groups in total. The molecule has 36 heavy (non-hydrogen) atoms. The quantitative estimate of drug-likeness (QED) is 0.251. The summed E-state index contributed by atoms with van der Waals surface area (Å²) in [5.74, 6) is -3.44. The number of hydrazine groups is 1. The lowest BCUT2D eigenvalue weighted by molar-refractivity contribution is -0.274. The number of rotatable bonds is 8. The third-order valence-electron chi connectivity index (χ3n) is 6.41. The highest BCUT2D eigenvalue weighted by atomic mass is 32.2. The topological polar surface area (TPSA) is 140 Å². The number of carbonyl (C=O) groups is 3. The summed E-state index contributed by atoms with van der Waals surface area (Å²) in [4.78, 5) is 38.8. The average Bonchev–Trinajstić information content (AvgIpc) is 3.33. The molecule has 1 unspecified atom stereocenters. The van der Waals surface area contributed by atoms with E-state index in [4.69, 9.17) is 0 Å². The minimum Gasteiger partial charge on any atom is -0.477 e. The number of fused-ring (bicyclic) bond motifs is 1. The molecule has 0 bridgehead atoms. The lowest BCUT2D eigenvalue weighted by Gasteiger charge is -2.46. The van der Waals surface area contributed by atoms with Gasteiger partial charge in [0.25, 0.3) is 5.91 Å². The molecule has 2 saturated heterocycles. The van der Waals surface area contributed by atoms with Crippen molar-refractivity contribution < 1.29 is 42.5 Å². The second kappa shape index (κ2) is 9.82. The molecule has 2 amide bonds. The highest BCUT2D eigenvalue weighted by molar-refractivity contribution is 8.03. The Morgan fingerprint density at radius 3 is 2.69 bits per heavy atom. The van der Waals surface area contributed by atoms with E-state index in [1.54, 1.807) is 0 Å². The van der Waals surface area contributed by atoms with E-state index in [0.29, 0.717) is 17.9 Å². The van der Waals surface area contributed by atoms with E-state index >= 15 is 0 Å². The zero-order chi connectivity index (χ0) is 26.4. The van der Waals surface area contributed by atoms with Crippen molar-refractivity contribution >= 4 is 35.2 Å². The number of nitrogens with one attached hydrogen (secondary N) is 3. The molecular formula is C22H25F3N4O6S. The van der Waals surface area contributed by atoms with E-state index in [9.17, 15) is 37.8 Å². The summed E-state index contributed by atoms with van der Waals surface area (Å²) in [6, 6.07) is 3.96. The van der Waals surface area contributed by atoms with Crippen LogP contribution in [0.3, 0.4) is 0 Å². The van der Waals surface area contributed by atoms with Gasteiger partial charge in [-0.15, -0.1) is 24.9 Å². The molecule has 4 rings (SSSR count). The van der Waals surface area contributed by atoms with Crippen molar-refractivity contribution in [2.45, 2.75) is 50.1 Å². The molecule has 3 aliphatic rings. The molecule has 196 valence electrons. The maximum absolute atomic E-state index is 12.6. The first kappa shape index (κ1) is 26.1. The van der Waals surface area contributed by atoms with Crippen LogP contribution in [0.1, 0.15) is 20.3 Å². The molecule has 0 aliphatic carbocycles. The first-order valence-corrected chi connectivity index (χ1v) is 12.1. The second-order valence-corrected chi connectivity index (χ2v) is 10.2. The molecule has 6 atom stereocenters. The number of hydrogen-bond donors (Lipinski definition) is 5. The summed E-state index contributed by atoms with van der Waals surface area (Å²) in [6.07, 6.45) is -5.37. The van der Waals surface area contributed by atoms with E-state index in [0.717, 1.165) is 12.1 Å². The maximum Gasteiger partial charge on any atom is 0.573 e. The Morgan fingerprint density at radius 1 is 1.33 bits per heavy atom. The number of anilines is 1. The minimum absolute atomic E-state index is 0.0741. The van der Waals surface area contributed by atoms with Crippen LogP contribution in [0.15, 0.2) is 34.9 Å². The fraction of sp³-hybridized carbons (Fsp3) is 0.500. The van der Waals surface area contributed by atoms with Crippen LogP contribution in [0.25, 0.3) is 0 Å². The van der Waals surface area contributed by atoms with Crippen LogP contribution in [0.2, 0.25) is 0 Å². The number of alkyl halides is 3. The average molecular weight is 531 g/mol. The van der Waals surface area contributed by atoms with E-state index in [-0.39, 0.29) is 22.6 Å². The number of carboxylic acid groups (broad SMARTS) is 1. The number of halogens is 3. The largest absolute Gasteiger partial charge is 0.573 e. The fourth-order valence-electron chi connectivity index (χ4n) is 4.84. The Kier molecular flexibility index (Phi) is 7.12. The van der Waals surface area contributed by atoms with Crippen molar-refractivity contribution in [3.05, 3.63) is 34.9 Å². The molecule has 0 aromatic heterocycles. The van der Waals surface area contributed by atoms with Crippen LogP contribution in [0.5, 0.6) is 5.75 Å². The van der Waals surface area contributed by atoms with Gasteiger partial charge in [0.1, 0.15) is 11.4 Å². The van der Waals surface area contributed by atoms with Crippen molar-refractivity contribution in [3.8, 4) is 5.75 Å². The number of benzene rings is 1. The highest BCUT2D eigenvalue weighted by Gasteiger charge is 2.60. The highest BCUT2D eigenvalue weighted by Crippen LogP contribution is 2.51. The van der Waals surface area contributed by atoms with Gasteiger partial charge in [0.2, 0.25) is 5.91 Å². The maximum atomic E-state index is 12.6. The van der Waals surface area contributed by atoms with Gasteiger partial charge in [0.05, 0.1) is 29.8 Å². The fourth-order valence-corrected chi connectivity index (χ4v) is 6.32. The number of β-lactam (4-membered cyclic amide) rings is 1. The standard InChI is InChI=1S/C22H25F3N4O6S/c1-9-16-15(10(2)30)20(32)29(16)17(21(33)34)18(9)36-13-7-14(26-8-13)19(31)28-27-11-4-3-5-12(6-11)35-22(23,24)25/h3-6,9-10,13-16,26-27,30H,7-8H2,1-2H3,(H,28,31)(H,33,34)/t9-,10?,13+,14+,15-,16-/m1/s1. The summed E-state index contributed by atoms with van der Waals surface area (Å²) >= 11 is 1.30. The number of aliphatic hydroxyl groups is 1. The SMILES string of the molecule is CC(O)[C@H]1C(=O)N2C(C(=O)O)=C(S[C@@H]3CN[C@H](C(=O)NNc4cccc(OC(F)(F)F)c4)C3)[C@H](C)[C@H]12. The third kappa shape index (κ3) is 5.11. The van der Waals surface area contributed by atoms with Crippen LogP contribution in [0, 0.1) is 11.8 Å². The molecule has 0 radical (unpaired) electrons. The van der Waals surface area contributed by atoms with Crippen molar-refractivity contribution in [2.75, 3.05) is 12.0 Å². The van der Waals surface area contributed by atoms with E-state index in [1.165, 1.54) is 35.7 Å².